The van der Waals surface area contributed by atoms with Gasteiger partial charge in [0.2, 0.25) is 6.79 Å². The lowest BCUT2D eigenvalue weighted by molar-refractivity contribution is 0.157. The molecule has 0 bridgehead atoms. The van der Waals surface area contributed by atoms with Crippen molar-refractivity contribution in [1.29, 1.82) is 0 Å². The zero-order chi connectivity index (χ0) is 16.1. The maximum atomic E-state index is 5.42. The number of nitrogens with one attached hydrogen (secondary N) is 1. The van der Waals surface area contributed by atoms with E-state index in [1.807, 2.05) is 18.2 Å². The van der Waals surface area contributed by atoms with E-state index < -0.39 is 0 Å². The van der Waals surface area contributed by atoms with Gasteiger partial charge in [-0.15, -0.1) is 0 Å². The molecular formula is C17H25N3O3. The van der Waals surface area contributed by atoms with E-state index in [1.54, 1.807) is 7.11 Å². The van der Waals surface area contributed by atoms with Crippen LogP contribution in [0.15, 0.2) is 23.2 Å². The molecule has 0 aromatic heterocycles. The molecule has 0 aliphatic carbocycles. The fourth-order valence-electron chi connectivity index (χ4n) is 3.03. The molecule has 1 unspecified atom stereocenters. The van der Waals surface area contributed by atoms with Crippen LogP contribution in [0.5, 0.6) is 11.5 Å². The number of fused-ring (bicyclic) bond motifs is 1. The zero-order valence-electron chi connectivity index (χ0n) is 13.9. The molecule has 2 heterocycles. The minimum absolute atomic E-state index is 0.305. The van der Waals surface area contributed by atoms with Gasteiger partial charge in [0.15, 0.2) is 17.5 Å². The summed E-state index contributed by atoms with van der Waals surface area (Å²) >= 11 is 0. The lowest BCUT2D eigenvalue weighted by Gasteiger charge is -2.21. The van der Waals surface area contributed by atoms with Crippen molar-refractivity contribution in [3.05, 3.63) is 23.8 Å². The normalized spacial score (nSPS) is 20.2. The average molecular weight is 319 g/mol. The summed E-state index contributed by atoms with van der Waals surface area (Å²) in [6.07, 6.45) is 1.16. The number of methoxy groups -OCH3 is 1. The smallest absolute Gasteiger partial charge is 0.231 e. The molecular weight excluding hydrogens is 294 g/mol. The molecule has 126 valence electrons. The van der Waals surface area contributed by atoms with Crippen LogP contribution in [0.3, 0.4) is 0 Å². The van der Waals surface area contributed by atoms with Gasteiger partial charge in [0.25, 0.3) is 0 Å². The molecule has 3 rings (SSSR count). The second-order valence-electron chi connectivity index (χ2n) is 5.91. The number of nitrogens with zero attached hydrogens (tertiary/aromatic N) is 2. The van der Waals surface area contributed by atoms with Crippen molar-refractivity contribution < 1.29 is 14.2 Å². The molecule has 23 heavy (non-hydrogen) atoms. The number of hydrogen-bond acceptors (Lipinski definition) is 4. The van der Waals surface area contributed by atoms with E-state index in [-0.39, 0.29) is 0 Å². The first-order valence-electron chi connectivity index (χ1n) is 8.21. The molecule has 1 N–H and O–H groups in total. The molecule has 1 aromatic carbocycles. The number of likely N-dealkylation sites (tertiary alicyclic amines) is 1. The minimum Gasteiger partial charge on any atom is -0.454 e. The molecule has 0 spiro atoms. The van der Waals surface area contributed by atoms with Crippen LogP contribution in [0, 0.1) is 5.92 Å². The third kappa shape index (κ3) is 3.88. The Morgan fingerprint density at radius 2 is 2.26 bits per heavy atom. The van der Waals surface area contributed by atoms with E-state index in [9.17, 15) is 0 Å². The Labute approximate surface area is 137 Å². The van der Waals surface area contributed by atoms with Gasteiger partial charge in [-0.05, 0) is 31.0 Å². The highest BCUT2D eigenvalue weighted by Crippen LogP contribution is 2.32. The van der Waals surface area contributed by atoms with Crippen molar-refractivity contribution in [3.8, 4) is 11.5 Å². The Hall–Kier alpha value is -1.95. The first-order valence-corrected chi connectivity index (χ1v) is 8.21. The Bertz CT molecular complexity index is 562. The highest BCUT2D eigenvalue weighted by atomic mass is 16.7. The monoisotopic (exact) mass is 319 g/mol. The van der Waals surface area contributed by atoms with Gasteiger partial charge in [-0.25, -0.2) is 4.99 Å². The summed E-state index contributed by atoms with van der Waals surface area (Å²) in [7, 11) is 1.77. The summed E-state index contributed by atoms with van der Waals surface area (Å²) in [6, 6.07) is 6.00. The van der Waals surface area contributed by atoms with Crippen molar-refractivity contribution in [1.82, 2.24) is 10.2 Å². The fraction of sp³-hybridized carbons (Fsp3) is 0.588. The van der Waals surface area contributed by atoms with E-state index in [1.165, 1.54) is 0 Å². The summed E-state index contributed by atoms with van der Waals surface area (Å²) < 4.78 is 16.0. The Balaban J connectivity index is 1.65. The second kappa shape index (κ2) is 7.55. The summed E-state index contributed by atoms with van der Waals surface area (Å²) in [6.45, 7) is 6.74. The van der Waals surface area contributed by atoms with E-state index in [4.69, 9.17) is 19.2 Å². The number of ether oxygens (including phenoxy) is 3. The molecule has 6 nitrogen and oxygen atoms in total. The molecule has 6 heteroatoms. The van der Waals surface area contributed by atoms with Crippen molar-refractivity contribution in [2.75, 3.05) is 40.1 Å². The van der Waals surface area contributed by atoms with Gasteiger partial charge in [-0.2, -0.15) is 0 Å². The maximum Gasteiger partial charge on any atom is 0.231 e. The molecule has 0 saturated carbocycles. The van der Waals surface area contributed by atoms with E-state index in [2.05, 4.69) is 17.1 Å². The van der Waals surface area contributed by atoms with Gasteiger partial charge in [-0.3, -0.25) is 0 Å². The van der Waals surface area contributed by atoms with Gasteiger partial charge in [0.05, 0.1) is 13.2 Å². The molecule has 2 aliphatic heterocycles. The van der Waals surface area contributed by atoms with Crippen LogP contribution in [-0.4, -0.2) is 51.0 Å². The molecule has 1 saturated heterocycles. The lowest BCUT2D eigenvalue weighted by Crippen LogP contribution is -2.40. The standard InChI is InChI=1S/C17H25N3O3/c1-3-18-17(20-7-6-14(10-20)11-21-2)19-9-13-4-5-15-16(8-13)23-12-22-15/h4-5,8,14H,3,6-7,9-12H2,1-2H3,(H,18,19). The first kappa shape index (κ1) is 15.9. The average Bonchev–Trinajstić information content (AvgIpc) is 3.20. The number of guanidine groups is 1. The Morgan fingerprint density at radius 1 is 1.39 bits per heavy atom. The Kier molecular flexibility index (Phi) is 5.23. The number of aliphatic imine (C=N–C) groups is 1. The number of benzene rings is 1. The van der Waals surface area contributed by atoms with Crippen molar-refractivity contribution in [2.45, 2.75) is 19.9 Å². The molecule has 0 amide bonds. The third-order valence-electron chi connectivity index (χ3n) is 4.17. The lowest BCUT2D eigenvalue weighted by atomic mass is 10.1. The van der Waals surface area contributed by atoms with Gasteiger partial charge in [0, 0.05) is 32.7 Å². The quantitative estimate of drug-likeness (QED) is 0.663. The van der Waals surface area contributed by atoms with Gasteiger partial charge < -0.3 is 24.4 Å². The van der Waals surface area contributed by atoms with Crippen LogP contribution in [0.4, 0.5) is 0 Å². The first-order chi connectivity index (χ1) is 11.3. The van der Waals surface area contributed by atoms with Crippen LogP contribution in [0.25, 0.3) is 0 Å². The highest BCUT2D eigenvalue weighted by Gasteiger charge is 2.24. The van der Waals surface area contributed by atoms with Crippen LogP contribution in [0.2, 0.25) is 0 Å². The van der Waals surface area contributed by atoms with Gasteiger partial charge in [-0.1, -0.05) is 6.07 Å². The van der Waals surface area contributed by atoms with Crippen LogP contribution in [-0.2, 0) is 11.3 Å². The van der Waals surface area contributed by atoms with Crippen molar-refractivity contribution in [3.63, 3.8) is 0 Å². The SMILES string of the molecule is CCNC(=NCc1ccc2c(c1)OCO2)N1CCC(COC)C1. The van der Waals surface area contributed by atoms with Crippen LogP contribution < -0.4 is 14.8 Å². The molecule has 1 aromatic rings. The Morgan fingerprint density at radius 3 is 3.09 bits per heavy atom. The number of rotatable bonds is 5. The topological polar surface area (TPSA) is 55.3 Å². The largest absolute Gasteiger partial charge is 0.454 e. The minimum atomic E-state index is 0.305. The maximum absolute atomic E-state index is 5.42. The fourth-order valence-corrected chi connectivity index (χ4v) is 3.03. The van der Waals surface area contributed by atoms with Crippen LogP contribution in [0.1, 0.15) is 18.9 Å². The van der Waals surface area contributed by atoms with Gasteiger partial charge >= 0.3 is 0 Å². The predicted octanol–water partition coefficient (Wildman–Crippen LogP) is 1.85. The summed E-state index contributed by atoms with van der Waals surface area (Å²) in [5, 5.41) is 3.39. The molecule has 1 atom stereocenters. The predicted molar refractivity (Wildman–Crippen MR) is 88.9 cm³/mol. The van der Waals surface area contributed by atoms with Crippen molar-refractivity contribution >= 4 is 5.96 Å². The van der Waals surface area contributed by atoms with Gasteiger partial charge in [0.1, 0.15) is 0 Å². The summed E-state index contributed by atoms with van der Waals surface area (Å²) in [5.74, 6) is 3.19. The van der Waals surface area contributed by atoms with E-state index in [0.717, 1.165) is 55.7 Å². The van der Waals surface area contributed by atoms with Crippen molar-refractivity contribution in [2.24, 2.45) is 10.9 Å². The second-order valence-corrected chi connectivity index (χ2v) is 5.91. The molecule has 1 fully saturated rings. The van der Waals surface area contributed by atoms with Crippen LogP contribution >= 0.6 is 0 Å². The molecule has 0 radical (unpaired) electrons. The van der Waals surface area contributed by atoms with E-state index >= 15 is 0 Å². The highest BCUT2D eigenvalue weighted by molar-refractivity contribution is 5.80. The van der Waals surface area contributed by atoms with E-state index in [0.29, 0.717) is 19.3 Å². The summed E-state index contributed by atoms with van der Waals surface area (Å²) in [5.41, 5.74) is 1.12. The summed E-state index contributed by atoms with van der Waals surface area (Å²) in [4.78, 5) is 7.10. The zero-order valence-corrected chi connectivity index (χ0v) is 13.9. The molecule has 2 aliphatic rings. The number of hydrogen-bond donors (Lipinski definition) is 1. The third-order valence-corrected chi connectivity index (χ3v) is 4.17.